The summed E-state index contributed by atoms with van der Waals surface area (Å²) in [7, 11) is 0. The predicted octanol–water partition coefficient (Wildman–Crippen LogP) is 4.88. The Labute approximate surface area is 114 Å². The Morgan fingerprint density at radius 2 is 2.00 bits per heavy atom. The lowest BCUT2D eigenvalue weighted by atomic mass is 9.95. The highest BCUT2D eigenvalue weighted by Crippen LogP contribution is 2.35. The van der Waals surface area contributed by atoms with E-state index in [1.165, 1.54) is 5.56 Å². The second-order valence-electron chi connectivity index (χ2n) is 4.65. The maximum atomic E-state index is 6.02. The zero-order valence-electron chi connectivity index (χ0n) is 9.54. The van der Waals surface area contributed by atoms with Crippen LogP contribution >= 0.6 is 31.9 Å². The quantitative estimate of drug-likeness (QED) is 0.708. The Morgan fingerprint density at radius 3 is 2.56 bits per heavy atom. The zero-order chi connectivity index (χ0) is 11.7. The van der Waals surface area contributed by atoms with Crippen molar-refractivity contribution < 1.29 is 4.74 Å². The topological polar surface area (TPSA) is 9.23 Å². The van der Waals surface area contributed by atoms with Gasteiger partial charge < -0.3 is 4.74 Å². The number of halogens is 2. The van der Waals surface area contributed by atoms with Gasteiger partial charge in [0.1, 0.15) is 11.9 Å². The van der Waals surface area contributed by atoms with E-state index >= 15 is 0 Å². The molecule has 0 aromatic heterocycles. The zero-order valence-corrected chi connectivity index (χ0v) is 12.7. The van der Waals surface area contributed by atoms with E-state index in [0.29, 0.717) is 16.8 Å². The molecule has 0 N–H and O–H groups in total. The van der Waals surface area contributed by atoms with Crippen molar-refractivity contribution >= 4 is 31.9 Å². The first kappa shape index (κ1) is 12.4. The van der Waals surface area contributed by atoms with Gasteiger partial charge in [0.15, 0.2) is 0 Å². The van der Waals surface area contributed by atoms with Crippen molar-refractivity contribution in [2.75, 3.05) is 0 Å². The molecule has 1 nitrogen and oxygen atoms in total. The van der Waals surface area contributed by atoms with Crippen LogP contribution in [0.1, 0.15) is 38.2 Å². The van der Waals surface area contributed by atoms with Gasteiger partial charge in [-0.3, -0.25) is 0 Å². The highest BCUT2D eigenvalue weighted by atomic mass is 79.9. The minimum absolute atomic E-state index is 0.392. The first-order chi connectivity index (χ1) is 7.56. The van der Waals surface area contributed by atoms with Crippen molar-refractivity contribution in [3.05, 3.63) is 28.2 Å². The summed E-state index contributed by atoms with van der Waals surface area (Å²) in [5.74, 6) is 1.54. The van der Waals surface area contributed by atoms with Gasteiger partial charge in [-0.25, -0.2) is 0 Å². The van der Waals surface area contributed by atoms with Crippen LogP contribution < -0.4 is 4.74 Å². The van der Waals surface area contributed by atoms with Gasteiger partial charge in [-0.15, -0.1) is 0 Å². The lowest BCUT2D eigenvalue weighted by molar-refractivity contribution is 0.126. The summed E-state index contributed by atoms with van der Waals surface area (Å²) in [4.78, 5) is 0.649. The number of hydrogen-bond donors (Lipinski definition) is 0. The molecule has 0 radical (unpaired) electrons. The Bertz CT molecular complexity index is 370. The molecule has 0 aliphatic heterocycles. The molecular formula is C13H16Br2O. The second kappa shape index (κ2) is 5.09. The summed E-state index contributed by atoms with van der Waals surface area (Å²) in [5.41, 5.74) is 1.28. The van der Waals surface area contributed by atoms with Crippen LogP contribution in [-0.2, 0) is 0 Å². The van der Waals surface area contributed by atoms with Crippen LogP contribution in [-0.4, -0.2) is 10.9 Å². The van der Waals surface area contributed by atoms with Crippen molar-refractivity contribution in [3.8, 4) is 5.75 Å². The molecule has 1 aromatic rings. The van der Waals surface area contributed by atoms with Gasteiger partial charge in [0.2, 0.25) is 0 Å². The van der Waals surface area contributed by atoms with E-state index in [1.807, 2.05) is 6.07 Å². The summed E-state index contributed by atoms with van der Waals surface area (Å²) in [6.45, 7) is 4.39. The van der Waals surface area contributed by atoms with Crippen LogP contribution in [0.5, 0.6) is 5.75 Å². The fourth-order valence-corrected chi connectivity index (χ4v) is 3.07. The van der Waals surface area contributed by atoms with Crippen molar-refractivity contribution in [2.45, 2.75) is 43.5 Å². The smallest absolute Gasteiger partial charge is 0.123 e. The largest absolute Gasteiger partial charge is 0.490 e. The first-order valence-electron chi connectivity index (χ1n) is 5.66. The van der Waals surface area contributed by atoms with Gasteiger partial charge in [-0.05, 0) is 42.5 Å². The molecule has 0 spiro atoms. The molecule has 0 atom stereocenters. The van der Waals surface area contributed by atoms with Crippen molar-refractivity contribution in [1.82, 2.24) is 0 Å². The molecule has 3 heteroatoms. The molecular weight excluding hydrogens is 332 g/mol. The predicted molar refractivity (Wildman–Crippen MR) is 74.6 cm³/mol. The van der Waals surface area contributed by atoms with E-state index < -0.39 is 0 Å². The Morgan fingerprint density at radius 1 is 1.31 bits per heavy atom. The minimum Gasteiger partial charge on any atom is -0.490 e. The third-order valence-electron chi connectivity index (χ3n) is 2.92. The average Bonchev–Trinajstić information content (AvgIpc) is 2.17. The van der Waals surface area contributed by atoms with Gasteiger partial charge in [-0.1, -0.05) is 45.7 Å². The molecule has 1 fully saturated rings. The number of alkyl halides is 1. The molecule has 1 aliphatic rings. The molecule has 1 saturated carbocycles. The van der Waals surface area contributed by atoms with E-state index in [-0.39, 0.29) is 0 Å². The number of hydrogen-bond acceptors (Lipinski definition) is 1. The van der Waals surface area contributed by atoms with Crippen LogP contribution in [0.15, 0.2) is 22.7 Å². The average molecular weight is 348 g/mol. The molecule has 0 unspecified atom stereocenters. The molecule has 0 amide bonds. The fraction of sp³-hybridized carbons (Fsp3) is 0.538. The van der Waals surface area contributed by atoms with Crippen LogP contribution in [0.2, 0.25) is 0 Å². The normalized spacial score (nSPS) is 24.3. The van der Waals surface area contributed by atoms with Crippen molar-refractivity contribution in [2.24, 2.45) is 0 Å². The van der Waals surface area contributed by atoms with E-state index in [1.54, 1.807) is 0 Å². The van der Waals surface area contributed by atoms with Crippen LogP contribution in [0.25, 0.3) is 0 Å². The third kappa shape index (κ3) is 2.80. The van der Waals surface area contributed by atoms with Gasteiger partial charge in [0.05, 0.1) is 0 Å². The Kier molecular flexibility index (Phi) is 3.96. The highest BCUT2D eigenvalue weighted by Gasteiger charge is 2.29. The van der Waals surface area contributed by atoms with Crippen LogP contribution in [0.4, 0.5) is 0 Å². The fourth-order valence-electron chi connectivity index (χ4n) is 1.86. The third-order valence-corrected chi connectivity index (χ3v) is 4.17. The van der Waals surface area contributed by atoms with Crippen molar-refractivity contribution in [1.29, 1.82) is 0 Å². The van der Waals surface area contributed by atoms with Gasteiger partial charge >= 0.3 is 0 Å². The lowest BCUT2D eigenvalue weighted by Gasteiger charge is -2.32. The molecule has 0 bridgehead atoms. The standard InChI is InChI=1S/C13H16Br2O/c1-8(2)12-7-9(14)3-4-13(12)16-11-5-10(15)6-11/h3-4,7-8,10-11H,5-6H2,1-2H3. The van der Waals surface area contributed by atoms with Gasteiger partial charge in [-0.2, -0.15) is 0 Å². The summed E-state index contributed by atoms with van der Waals surface area (Å²) in [6.07, 6.45) is 2.63. The first-order valence-corrected chi connectivity index (χ1v) is 7.37. The van der Waals surface area contributed by atoms with Gasteiger partial charge in [0.25, 0.3) is 0 Å². The molecule has 1 aromatic carbocycles. The maximum Gasteiger partial charge on any atom is 0.123 e. The van der Waals surface area contributed by atoms with Crippen molar-refractivity contribution in [3.63, 3.8) is 0 Å². The molecule has 16 heavy (non-hydrogen) atoms. The summed E-state index contributed by atoms with van der Waals surface area (Å²) < 4.78 is 7.14. The summed E-state index contributed by atoms with van der Waals surface area (Å²) in [6, 6.07) is 6.27. The molecule has 88 valence electrons. The molecule has 2 rings (SSSR count). The minimum atomic E-state index is 0.392. The Balaban J connectivity index is 2.13. The summed E-state index contributed by atoms with van der Waals surface area (Å²) in [5, 5.41) is 0. The number of ether oxygens (including phenoxy) is 1. The monoisotopic (exact) mass is 346 g/mol. The van der Waals surface area contributed by atoms with E-state index in [0.717, 1.165) is 23.1 Å². The summed E-state index contributed by atoms with van der Waals surface area (Å²) >= 11 is 7.09. The second-order valence-corrected chi connectivity index (χ2v) is 6.86. The SMILES string of the molecule is CC(C)c1cc(Br)ccc1OC1CC(Br)C1. The van der Waals surface area contributed by atoms with Crippen LogP contribution in [0.3, 0.4) is 0 Å². The van der Waals surface area contributed by atoms with E-state index in [4.69, 9.17) is 4.74 Å². The van der Waals surface area contributed by atoms with E-state index in [9.17, 15) is 0 Å². The molecule has 1 aliphatic carbocycles. The number of rotatable bonds is 3. The number of benzene rings is 1. The lowest BCUT2D eigenvalue weighted by Crippen LogP contribution is -2.34. The van der Waals surface area contributed by atoms with E-state index in [2.05, 4.69) is 57.8 Å². The molecule has 0 saturated heterocycles. The maximum absolute atomic E-state index is 6.02. The Hall–Kier alpha value is -0.0200. The highest BCUT2D eigenvalue weighted by molar-refractivity contribution is 9.10. The van der Waals surface area contributed by atoms with Gasteiger partial charge in [0, 0.05) is 9.30 Å². The van der Waals surface area contributed by atoms with Crippen LogP contribution in [0, 0.1) is 0 Å². The molecule has 0 heterocycles.